The van der Waals surface area contributed by atoms with Crippen LogP contribution in [0.25, 0.3) is 66.8 Å². The molecule has 0 bridgehead atoms. The van der Waals surface area contributed by atoms with E-state index in [2.05, 4.69) is 290 Å². The number of nitrogens with zero attached hydrogens (tertiary/aromatic N) is 1. The molecule has 0 amide bonds. The van der Waals surface area contributed by atoms with Crippen molar-refractivity contribution in [3.63, 3.8) is 0 Å². The quantitative estimate of drug-likeness (QED) is 0.132. The molecule has 0 spiro atoms. The lowest BCUT2D eigenvalue weighted by Gasteiger charge is -2.34. The van der Waals surface area contributed by atoms with E-state index in [1.165, 1.54) is 89.0 Å². The topological polar surface area (TPSA) is 3.24 Å². The van der Waals surface area contributed by atoms with Crippen molar-refractivity contribution in [2.24, 2.45) is 0 Å². The van der Waals surface area contributed by atoms with Gasteiger partial charge >= 0.3 is 0 Å². The second kappa shape index (κ2) is 17.5. The maximum absolute atomic E-state index is 2.43. The number of hydrogen-bond acceptors (Lipinski definition) is 1. The van der Waals surface area contributed by atoms with Crippen LogP contribution in [0.2, 0.25) is 0 Å². The normalized spacial score (nSPS) is 12.2. The zero-order chi connectivity index (χ0) is 45.3. The van der Waals surface area contributed by atoms with Crippen LogP contribution in [0.5, 0.6) is 0 Å². The third-order valence-electron chi connectivity index (χ3n) is 13.8. The van der Waals surface area contributed by atoms with E-state index in [1.807, 2.05) is 0 Å². The molecular formula is C67H47N. The molecule has 1 aliphatic carbocycles. The predicted octanol–water partition coefficient (Wildman–Crippen LogP) is 17.9. The molecule has 0 atom stereocenters. The monoisotopic (exact) mass is 865 g/mol. The average Bonchev–Trinajstić information content (AvgIpc) is 3.72. The standard InChI is InChI=1S/C67H47N/c1-6-17-48(18-7-1)51-29-37-60(38-30-51)68(61-39-31-52(32-40-61)49-19-8-2-9-20-49)62-41-33-53(34-42-62)54-23-16-24-55(45-54)57-36-44-66-64(47-57)63-46-56(50-21-10-3-11-22-50)35-43-65(63)67(66,58-25-12-4-13-26-58)59-27-14-5-15-28-59/h1-47H. The van der Waals surface area contributed by atoms with Gasteiger partial charge in [0.15, 0.2) is 0 Å². The molecule has 12 rings (SSSR count). The van der Waals surface area contributed by atoms with Crippen LogP contribution in [-0.2, 0) is 5.41 Å². The lowest BCUT2D eigenvalue weighted by molar-refractivity contribution is 0.768. The van der Waals surface area contributed by atoms with E-state index in [-0.39, 0.29) is 0 Å². The van der Waals surface area contributed by atoms with Crippen LogP contribution in [0.4, 0.5) is 17.1 Å². The summed E-state index contributed by atoms with van der Waals surface area (Å²) < 4.78 is 0. The first-order chi connectivity index (χ1) is 33.7. The Hall–Kier alpha value is -8.78. The molecule has 1 nitrogen and oxygen atoms in total. The molecule has 11 aromatic carbocycles. The van der Waals surface area contributed by atoms with Gasteiger partial charge in [-0.2, -0.15) is 0 Å². The number of anilines is 3. The first-order valence-electron chi connectivity index (χ1n) is 23.5. The molecule has 0 saturated carbocycles. The minimum Gasteiger partial charge on any atom is -0.311 e. The molecule has 1 aliphatic rings. The Bertz CT molecular complexity index is 3370. The van der Waals surface area contributed by atoms with Crippen LogP contribution < -0.4 is 4.90 Å². The Morgan fingerprint density at radius 2 is 0.471 bits per heavy atom. The molecule has 0 saturated heterocycles. The zero-order valence-electron chi connectivity index (χ0n) is 37.6. The van der Waals surface area contributed by atoms with Crippen molar-refractivity contribution in [1.29, 1.82) is 0 Å². The van der Waals surface area contributed by atoms with Gasteiger partial charge in [0, 0.05) is 17.1 Å². The van der Waals surface area contributed by atoms with Gasteiger partial charge in [-0.15, -0.1) is 0 Å². The summed E-state index contributed by atoms with van der Waals surface area (Å²) in [7, 11) is 0. The molecular weight excluding hydrogens is 819 g/mol. The van der Waals surface area contributed by atoms with Crippen LogP contribution in [-0.4, -0.2) is 0 Å². The molecule has 0 fully saturated rings. The van der Waals surface area contributed by atoms with Crippen molar-refractivity contribution in [2.75, 3.05) is 4.90 Å². The predicted molar refractivity (Wildman–Crippen MR) is 286 cm³/mol. The van der Waals surface area contributed by atoms with Crippen molar-refractivity contribution in [1.82, 2.24) is 0 Å². The second-order valence-electron chi connectivity index (χ2n) is 17.7. The van der Waals surface area contributed by atoms with E-state index in [9.17, 15) is 0 Å². The fraction of sp³-hybridized carbons (Fsp3) is 0.0149. The van der Waals surface area contributed by atoms with Crippen molar-refractivity contribution in [3.8, 4) is 66.8 Å². The van der Waals surface area contributed by atoms with Gasteiger partial charge in [0.05, 0.1) is 5.41 Å². The summed E-state index contributed by atoms with van der Waals surface area (Å²) in [6.45, 7) is 0. The number of benzene rings is 11. The third-order valence-corrected chi connectivity index (χ3v) is 13.8. The molecule has 1 heteroatoms. The maximum Gasteiger partial charge on any atom is 0.0713 e. The highest BCUT2D eigenvalue weighted by molar-refractivity contribution is 5.91. The van der Waals surface area contributed by atoms with Crippen LogP contribution in [0.15, 0.2) is 285 Å². The molecule has 0 radical (unpaired) electrons. The summed E-state index contributed by atoms with van der Waals surface area (Å²) in [6, 6.07) is 104. The lowest BCUT2D eigenvalue weighted by Crippen LogP contribution is -2.28. The van der Waals surface area contributed by atoms with E-state index in [0.717, 1.165) is 17.1 Å². The van der Waals surface area contributed by atoms with Crippen LogP contribution >= 0.6 is 0 Å². The fourth-order valence-electron chi connectivity index (χ4n) is 10.5. The van der Waals surface area contributed by atoms with Crippen LogP contribution in [0.1, 0.15) is 22.3 Å². The molecule has 0 heterocycles. The highest BCUT2D eigenvalue weighted by Crippen LogP contribution is 2.57. The minimum atomic E-state index is -0.466. The molecule has 0 unspecified atom stereocenters. The smallest absolute Gasteiger partial charge is 0.0713 e. The summed E-state index contributed by atoms with van der Waals surface area (Å²) in [5, 5.41) is 0. The van der Waals surface area contributed by atoms with Crippen LogP contribution in [0, 0.1) is 0 Å². The highest BCUT2D eigenvalue weighted by atomic mass is 15.1. The van der Waals surface area contributed by atoms with E-state index < -0.39 is 5.41 Å². The second-order valence-corrected chi connectivity index (χ2v) is 17.7. The Morgan fingerprint density at radius 3 is 0.868 bits per heavy atom. The van der Waals surface area contributed by atoms with Crippen LogP contribution in [0.3, 0.4) is 0 Å². The fourth-order valence-corrected chi connectivity index (χ4v) is 10.5. The molecule has 0 N–H and O–H groups in total. The van der Waals surface area contributed by atoms with E-state index in [1.54, 1.807) is 0 Å². The Balaban J connectivity index is 0.923. The van der Waals surface area contributed by atoms with Gasteiger partial charge in [-0.1, -0.05) is 231 Å². The van der Waals surface area contributed by atoms with E-state index in [4.69, 9.17) is 0 Å². The molecule has 0 aliphatic heterocycles. The lowest BCUT2D eigenvalue weighted by atomic mass is 9.67. The van der Waals surface area contributed by atoms with Gasteiger partial charge in [0.25, 0.3) is 0 Å². The van der Waals surface area contributed by atoms with Crippen molar-refractivity contribution < 1.29 is 0 Å². The molecule has 0 aromatic heterocycles. The van der Waals surface area contributed by atoms with Crippen molar-refractivity contribution in [3.05, 3.63) is 307 Å². The third kappa shape index (κ3) is 7.32. The average molecular weight is 866 g/mol. The Kier molecular flexibility index (Phi) is 10.5. The number of fused-ring (bicyclic) bond motifs is 3. The van der Waals surface area contributed by atoms with E-state index >= 15 is 0 Å². The maximum atomic E-state index is 2.43. The van der Waals surface area contributed by atoms with Gasteiger partial charge in [-0.25, -0.2) is 0 Å². The van der Waals surface area contributed by atoms with Crippen molar-refractivity contribution >= 4 is 17.1 Å². The minimum absolute atomic E-state index is 0.466. The van der Waals surface area contributed by atoms with Gasteiger partial charge in [-0.05, 0) is 144 Å². The SMILES string of the molecule is c1ccc(-c2ccc(N(c3ccc(-c4ccccc4)cc3)c3ccc(-c4cccc(-c5ccc6c(c5)-c5cc(-c7ccccc7)ccc5C6(c5ccccc5)c5ccccc5)c4)cc3)cc2)cc1. The molecule has 320 valence electrons. The summed E-state index contributed by atoms with van der Waals surface area (Å²) in [5.41, 5.74) is 22.5. The molecule has 11 aromatic rings. The van der Waals surface area contributed by atoms with Gasteiger partial charge in [0.2, 0.25) is 0 Å². The molecule has 68 heavy (non-hydrogen) atoms. The summed E-state index contributed by atoms with van der Waals surface area (Å²) in [4.78, 5) is 2.35. The van der Waals surface area contributed by atoms with Gasteiger partial charge in [-0.3, -0.25) is 0 Å². The highest BCUT2D eigenvalue weighted by Gasteiger charge is 2.46. The number of rotatable bonds is 10. The Labute approximate surface area is 399 Å². The first-order valence-corrected chi connectivity index (χ1v) is 23.5. The van der Waals surface area contributed by atoms with E-state index in [0.29, 0.717) is 0 Å². The summed E-state index contributed by atoms with van der Waals surface area (Å²) in [5.74, 6) is 0. The van der Waals surface area contributed by atoms with Crippen molar-refractivity contribution in [2.45, 2.75) is 5.41 Å². The zero-order valence-corrected chi connectivity index (χ0v) is 37.6. The number of hydrogen-bond donors (Lipinski definition) is 0. The van der Waals surface area contributed by atoms with Gasteiger partial charge in [0.1, 0.15) is 0 Å². The largest absolute Gasteiger partial charge is 0.311 e. The van der Waals surface area contributed by atoms with Gasteiger partial charge < -0.3 is 4.90 Å². The summed E-state index contributed by atoms with van der Waals surface area (Å²) in [6.07, 6.45) is 0. The first kappa shape index (κ1) is 40.7. The Morgan fingerprint density at radius 1 is 0.206 bits per heavy atom. The summed E-state index contributed by atoms with van der Waals surface area (Å²) >= 11 is 0.